The average molecular weight is 381 g/mol. The first-order valence-corrected chi connectivity index (χ1v) is 9.54. The molecule has 0 fully saturated rings. The van der Waals surface area contributed by atoms with Gasteiger partial charge in [0.25, 0.3) is 0 Å². The lowest BCUT2D eigenvalue weighted by molar-refractivity contribution is 0.261. The number of anilines is 2. The SMILES string of the molecule is CCN(CC)CCn1c(NC(=O)Nc2cccc(OC)c2)nc2ccccc21. The summed E-state index contributed by atoms with van der Waals surface area (Å²) in [5.74, 6) is 1.22. The molecule has 0 spiro atoms. The van der Waals surface area contributed by atoms with Crippen molar-refractivity contribution in [1.29, 1.82) is 0 Å². The second-order valence-corrected chi connectivity index (χ2v) is 6.41. The Labute approximate surface area is 165 Å². The lowest BCUT2D eigenvalue weighted by Gasteiger charge is -2.19. The molecule has 2 aromatic carbocycles. The van der Waals surface area contributed by atoms with Gasteiger partial charge in [-0.25, -0.2) is 9.78 Å². The molecule has 3 aromatic rings. The summed E-state index contributed by atoms with van der Waals surface area (Å²) in [5, 5.41) is 5.72. The lowest BCUT2D eigenvalue weighted by atomic mass is 10.3. The van der Waals surface area contributed by atoms with Crippen LogP contribution in [-0.4, -0.2) is 47.2 Å². The third kappa shape index (κ3) is 4.61. The molecule has 7 nitrogen and oxygen atoms in total. The Bertz CT molecular complexity index is 933. The van der Waals surface area contributed by atoms with E-state index < -0.39 is 0 Å². The zero-order valence-corrected chi connectivity index (χ0v) is 16.6. The highest BCUT2D eigenvalue weighted by molar-refractivity contribution is 5.99. The number of hydrogen-bond donors (Lipinski definition) is 2. The highest BCUT2D eigenvalue weighted by Crippen LogP contribution is 2.21. The van der Waals surface area contributed by atoms with Gasteiger partial charge in [-0.2, -0.15) is 0 Å². The monoisotopic (exact) mass is 381 g/mol. The van der Waals surface area contributed by atoms with Gasteiger partial charge in [0.05, 0.1) is 18.1 Å². The van der Waals surface area contributed by atoms with Crippen molar-refractivity contribution in [2.45, 2.75) is 20.4 Å². The van der Waals surface area contributed by atoms with E-state index in [1.165, 1.54) is 0 Å². The van der Waals surface area contributed by atoms with E-state index in [-0.39, 0.29) is 6.03 Å². The van der Waals surface area contributed by atoms with E-state index in [9.17, 15) is 4.79 Å². The van der Waals surface area contributed by atoms with E-state index in [4.69, 9.17) is 4.74 Å². The number of imidazole rings is 1. The average Bonchev–Trinajstić information content (AvgIpc) is 3.05. The number of carbonyl (C=O) groups excluding carboxylic acids is 1. The third-order valence-corrected chi connectivity index (χ3v) is 4.74. The number of carbonyl (C=O) groups is 1. The quantitative estimate of drug-likeness (QED) is 0.618. The summed E-state index contributed by atoms with van der Waals surface area (Å²) in [6.07, 6.45) is 0. The van der Waals surface area contributed by atoms with Gasteiger partial charge in [0.15, 0.2) is 0 Å². The van der Waals surface area contributed by atoms with Crippen LogP contribution in [0.25, 0.3) is 11.0 Å². The number of urea groups is 1. The van der Waals surface area contributed by atoms with Gasteiger partial charge in [-0.05, 0) is 37.4 Å². The molecule has 1 aromatic heterocycles. The normalized spacial score (nSPS) is 11.0. The number of likely N-dealkylation sites (N-methyl/N-ethyl adjacent to an activating group) is 1. The zero-order valence-electron chi connectivity index (χ0n) is 16.6. The van der Waals surface area contributed by atoms with Crippen LogP contribution in [0.15, 0.2) is 48.5 Å². The fraction of sp³-hybridized carbons (Fsp3) is 0.333. The predicted octanol–water partition coefficient (Wildman–Crippen LogP) is 4.03. The molecule has 148 valence electrons. The maximum absolute atomic E-state index is 12.5. The molecule has 28 heavy (non-hydrogen) atoms. The van der Waals surface area contributed by atoms with Gasteiger partial charge in [-0.1, -0.05) is 32.0 Å². The molecule has 0 atom stereocenters. The number of benzene rings is 2. The Kier molecular flexibility index (Phi) is 6.49. The highest BCUT2D eigenvalue weighted by Gasteiger charge is 2.14. The Hall–Kier alpha value is -3.06. The van der Waals surface area contributed by atoms with Gasteiger partial charge in [0.1, 0.15) is 5.75 Å². The molecule has 0 unspecified atom stereocenters. The van der Waals surface area contributed by atoms with Crippen molar-refractivity contribution in [3.8, 4) is 5.75 Å². The maximum atomic E-state index is 12.5. The summed E-state index contributed by atoms with van der Waals surface area (Å²) in [5.41, 5.74) is 2.52. The molecule has 0 aliphatic carbocycles. The van der Waals surface area contributed by atoms with Crippen LogP contribution in [0.5, 0.6) is 5.75 Å². The van der Waals surface area contributed by atoms with Gasteiger partial charge in [-0.3, -0.25) is 5.32 Å². The zero-order chi connectivity index (χ0) is 19.9. The first-order valence-electron chi connectivity index (χ1n) is 9.54. The number of fused-ring (bicyclic) bond motifs is 1. The van der Waals surface area contributed by atoms with E-state index in [1.807, 2.05) is 42.5 Å². The van der Waals surface area contributed by atoms with Crippen LogP contribution >= 0.6 is 0 Å². The number of aromatic nitrogens is 2. The molecule has 2 amide bonds. The summed E-state index contributed by atoms with van der Waals surface area (Å²) >= 11 is 0. The molecule has 0 saturated heterocycles. The number of rotatable bonds is 8. The molecule has 3 rings (SSSR count). The molecule has 0 aliphatic rings. The van der Waals surface area contributed by atoms with Gasteiger partial charge in [0, 0.05) is 24.8 Å². The molecule has 0 saturated carbocycles. The van der Waals surface area contributed by atoms with Crippen LogP contribution in [0.4, 0.5) is 16.4 Å². The summed E-state index contributed by atoms with van der Waals surface area (Å²) in [4.78, 5) is 19.5. The summed E-state index contributed by atoms with van der Waals surface area (Å²) in [6, 6.07) is 14.8. The first-order chi connectivity index (χ1) is 13.6. The molecule has 0 aliphatic heterocycles. The Morgan fingerprint density at radius 2 is 1.89 bits per heavy atom. The number of nitrogens with zero attached hydrogens (tertiary/aromatic N) is 3. The largest absolute Gasteiger partial charge is 0.497 e. The van der Waals surface area contributed by atoms with E-state index in [1.54, 1.807) is 13.2 Å². The van der Waals surface area contributed by atoms with E-state index in [0.717, 1.165) is 37.2 Å². The Morgan fingerprint density at radius 3 is 2.64 bits per heavy atom. The number of methoxy groups -OCH3 is 1. The maximum Gasteiger partial charge on any atom is 0.326 e. The Morgan fingerprint density at radius 1 is 1.11 bits per heavy atom. The number of nitrogens with one attached hydrogen (secondary N) is 2. The molecule has 2 N–H and O–H groups in total. The predicted molar refractivity (Wildman–Crippen MR) is 113 cm³/mol. The topological polar surface area (TPSA) is 71.4 Å². The minimum Gasteiger partial charge on any atom is -0.497 e. The summed E-state index contributed by atoms with van der Waals surface area (Å²) in [6.45, 7) is 7.91. The molecule has 0 radical (unpaired) electrons. The Balaban J connectivity index is 1.79. The lowest BCUT2D eigenvalue weighted by Crippen LogP contribution is -2.28. The van der Waals surface area contributed by atoms with Crippen molar-refractivity contribution in [1.82, 2.24) is 14.5 Å². The van der Waals surface area contributed by atoms with Crippen molar-refractivity contribution in [2.24, 2.45) is 0 Å². The van der Waals surface area contributed by atoms with Crippen LogP contribution in [-0.2, 0) is 6.54 Å². The number of para-hydroxylation sites is 2. The number of ether oxygens (including phenoxy) is 1. The molecule has 7 heteroatoms. The van der Waals surface area contributed by atoms with Crippen LogP contribution in [0.3, 0.4) is 0 Å². The molecular weight excluding hydrogens is 354 g/mol. The second kappa shape index (κ2) is 9.23. The van der Waals surface area contributed by atoms with Crippen molar-refractivity contribution in [3.63, 3.8) is 0 Å². The smallest absolute Gasteiger partial charge is 0.326 e. The van der Waals surface area contributed by atoms with E-state index in [0.29, 0.717) is 17.4 Å². The van der Waals surface area contributed by atoms with Crippen LogP contribution in [0.2, 0.25) is 0 Å². The van der Waals surface area contributed by atoms with Gasteiger partial charge >= 0.3 is 6.03 Å². The van der Waals surface area contributed by atoms with Crippen molar-refractivity contribution >= 4 is 28.7 Å². The fourth-order valence-electron chi connectivity index (χ4n) is 3.14. The van der Waals surface area contributed by atoms with Gasteiger partial charge in [-0.15, -0.1) is 0 Å². The second-order valence-electron chi connectivity index (χ2n) is 6.41. The summed E-state index contributed by atoms with van der Waals surface area (Å²) < 4.78 is 7.25. The number of hydrogen-bond acceptors (Lipinski definition) is 4. The van der Waals surface area contributed by atoms with Gasteiger partial charge < -0.3 is 19.5 Å². The van der Waals surface area contributed by atoms with Crippen LogP contribution in [0.1, 0.15) is 13.8 Å². The highest BCUT2D eigenvalue weighted by atomic mass is 16.5. The van der Waals surface area contributed by atoms with E-state index >= 15 is 0 Å². The summed E-state index contributed by atoms with van der Waals surface area (Å²) in [7, 11) is 1.59. The van der Waals surface area contributed by atoms with Crippen molar-refractivity contribution in [2.75, 3.05) is 37.4 Å². The molecule has 0 bridgehead atoms. The van der Waals surface area contributed by atoms with Crippen molar-refractivity contribution < 1.29 is 9.53 Å². The minimum atomic E-state index is -0.340. The first kappa shape index (κ1) is 19.7. The van der Waals surface area contributed by atoms with Crippen LogP contribution < -0.4 is 15.4 Å². The van der Waals surface area contributed by atoms with Crippen LogP contribution in [0, 0.1) is 0 Å². The van der Waals surface area contributed by atoms with E-state index in [2.05, 4.69) is 38.9 Å². The van der Waals surface area contributed by atoms with Crippen molar-refractivity contribution in [3.05, 3.63) is 48.5 Å². The standard InChI is InChI=1S/C21H27N5O2/c1-4-25(5-2)13-14-26-19-12-7-6-11-18(19)23-20(26)24-21(27)22-16-9-8-10-17(15-16)28-3/h6-12,15H,4-5,13-14H2,1-3H3,(H2,22,23,24,27). The van der Waals surface area contributed by atoms with Gasteiger partial charge in [0.2, 0.25) is 5.95 Å². The number of amides is 2. The molecular formula is C21H27N5O2. The third-order valence-electron chi connectivity index (χ3n) is 4.74. The molecule has 1 heterocycles. The fourth-order valence-corrected chi connectivity index (χ4v) is 3.14. The minimum absolute atomic E-state index is 0.340.